The van der Waals surface area contributed by atoms with Gasteiger partial charge in [0, 0.05) is 6.04 Å². The molecule has 0 saturated carbocycles. The van der Waals surface area contributed by atoms with Gasteiger partial charge in [-0.25, -0.2) is 0 Å². The Morgan fingerprint density at radius 2 is 2.10 bits per heavy atom. The van der Waals surface area contributed by atoms with Gasteiger partial charge in [0.1, 0.15) is 0 Å². The van der Waals surface area contributed by atoms with Crippen LogP contribution in [0.1, 0.15) is 55.7 Å². The molecule has 2 rings (SSSR count). The molecule has 1 aromatic carbocycles. The van der Waals surface area contributed by atoms with Crippen LogP contribution in [0.5, 0.6) is 0 Å². The van der Waals surface area contributed by atoms with Crippen molar-refractivity contribution in [1.29, 1.82) is 0 Å². The molecule has 116 valence electrons. The number of aliphatic carboxylic acids is 1. The topological polar surface area (TPSA) is 49.3 Å². The van der Waals surface area contributed by atoms with E-state index in [1.807, 2.05) is 0 Å². The lowest BCUT2D eigenvalue weighted by Crippen LogP contribution is -2.34. The molecule has 0 aromatic heterocycles. The molecule has 1 unspecified atom stereocenters. The third-order valence-electron chi connectivity index (χ3n) is 4.28. The fraction of sp³-hybridized carbons (Fsp3) is 0.611. The molecule has 0 saturated heterocycles. The summed E-state index contributed by atoms with van der Waals surface area (Å²) in [4.78, 5) is 11.0. The Balaban J connectivity index is 1.92. The number of nitrogens with one attached hydrogen (secondary N) is 1. The Labute approximate surface area is 127 Å². The van der Waals surface area contributed by atoms with Crippen molar-refractivity contribution in [2.24, 2.45) is 0 Å². The fourth-order valence-corrected chi connectivity index (χ4v) is 3.15. The number of hydrogen-bond acceptors (Lipinski definition) is 2. The summed E-state index contributed by atoms with van der Waals surface area (Å²) in [6.07, 6.45) is 8.15. The molecule has 0 heterocycles. The fourth-order valence-electron chi connectivity index (χ4n) is 3.15. The van der Waals surface area contributed by atoms with E-state index < -0.39 is 5.97 Å². The van der Waals surface area contributed by atoms with Gasteiger partial charge in [-0.1, -0.05) is 38.0 Å². The minimum Gasteiger partial charge on any atom is -0.481 e. The highest BCUT2D eigenvalue weighted by atomic mass is 16.4. The summed E-state index contributed by atoms with van der Waals surface area (Å²) in [5, 5.41) is 12.5. The van der Waals surface area contributed by atoms with Crippen molar-refractivity contribution in [3.8, 4) is 0 Å². The summed E-state index contributed by atoms with van der Waals surface area (Å²) in [6, 6.07) is 6.73. The second-order valence-corrected chi connectivity index (χ2v) is 6.12. The maximum absolute atomic E-state index is 11.0. The second-order valence-electron chi connectivity index (χ2n) is 6.12. The van der Waals surface area contributed by atoms with Crippen LogP contribution in [0, 0.1) is 0 Å². The molecule has 0 amide bonds. The summed E-state index contributed by atoms with van der Waals surface area (Å²) in [7, 11) is 0. The highest BCUT2D eigenvalue weighted by Crippen LogP contribution is 2.23. The van der Waals surface area contributed by atoms with E-state index in [2.05, 4.69) is 30.4 Å². The quantitative estimate of drug-likeness (QED) is 0.685. The van der Waals surface area contributed by atoms with E-state index in [0.717, 1.165) is 19.4 Å². The van der Waals surface area contributed by atoms with Gasteiger partial charge in [-0.3, -0.25) is 4.79 Å². The Morgan fingerprint density at radius 1 is 1.29 bits per heavy atom. The lowest BCUT2D eigenvalue weighted by molar-refractivity contribution is -0.137. The minimum atomic E-state index is -0.718. The molecular formula is C18H27NO2. The SMILES string of the molecule is CCCCCNC(CC(=O)O)Cc1ccc2c(c1)CCC2. The van der Waals surface area contributed by atoms with Crippen LogP contribution in [0.15, 0.2) is 18.2 Å². The third-order valence-corrected chi connectivity index (χ3v) is 4.28. The normalized spacial score (nSPS) is 14.9. The number of benzene rings is 1. The van der Waals surface area contributed by atoms with Crippen LogP contribution in [0.25, 0.3) is 0 Å². The van der Waals surface area contributed by atoms with Crippen molar-refractivity contribution in [3.63, 3.8) is 0 Å². The van der Waals surface area contributed by atoms with E-state index in [1.165, 1.54) is 48.8 Å². The Morgan fingerprint density at radius 3 is 2.86 bits per heavy atom. The maximum atomic E-state index is 11.0. The highest BCUT2D eigenvalue weighted by Gasteiger charge is 2.15. The van der Waals surface area contributed by atoms with E-state index >= 15 is 0 Å². The molecule has 1 aliphatic carbocycles. The van der Waals surface area contributed by atoms with E-state index in [4.69, 9.17) is 5.11 Å². The van der Waals surface area contributed by atoms with Crippen LogP contribution in [0.3, 0.4) is 0 Å². The van der Waals surface area contributed by atoms with Gasteiger partial charge in [-0.15, -0.1) is 0 Å². The van der Waals surface area contributed by atoms with Crippen molar-refractivity contribution in [2.75, 3.05) is 6.54 Å². The Kier molecular flexibility index (Phi) is 6.24. The van der Waals surface area contributed by atoms with Gasteiger partial charge in [0.2, 0.25) is 0 Å². The zero-order chi connectivity index (χ0) is 15.1. The molecule has 0 aliphatic heterocycles. The van der Waals surface area contributed by atoms with Gasteiger partial charge in [0.25, 0.3) is 0 Å². The van der Waals surface area contributed by atoms with Crippen molar-refractivity contribution >= 4 is 5.97 Å². The molecule has 2 N–H and O–H groups in total. The van der Waals surface area contributed by atoms with E-state index in [-0.39, 0.29) is 12.5 Å². The zero-order valence-electron chi connectivity index (χ0n) is 13.0. The molecule has 0 bridgehead atoms. The Hall–Kier alpha value is -1.35. The van der Waals surface area contributed by atoms with Gasteiger partial charge >= 0.3 is 5.97 Å². The molecule has 1 aromatic rings. The van der Waals surface area contributed by atoms with Gasteiger partial charge in [-0.2, -0.15) is 0 Å². The highest BCUT2D eigenvalue weighted by molar-refractivity contribution is 5.67. The number of carboxylic acid groups (broad SMARTS) is 1. The lowest BCUT2D eigenvalue weighted by atomic mass is 9.99. The van der Waals surface area contributed by atoms with Crippen LogP contribution < -0.4 is 5.32 Å². The summed E-state index contributed by atoms with van der Waals surface area (Å²) in [5.74, 6) is -0.718. The molecular weight excluding hydrogens is 262 g/mol. The van der Waals surface area contributed by atoms with Crippen LogP contribution in [-0.4, -0.2) is 23.7 Å². The number of fused-ring (bicyclic) bond motifs is 1. The number of carbonyl (C=O) groups is 1. The van der Waals surface area contributed by atoms with Gasteiger partial charge in [-0.05, 0) is 55.3 Å². The zero-order valence-corrected chi connectivity index (χ0v) is 13.0. The van der Waals surface area contributed by atoms with Crippen LogP contribution in [-0.2, 0) is 24.1 Å². The summed E-state index contributed by atoms with van der Waals surface area (Å²) < 4.78 is 0. The lowest BCUT2D eigenvalue weighted by Gasteiger charge is -2.17. The molecule has 0 spiro atoms. The molecule has 21 heavy (non-hydrogen) atoms. The standard InChI is InChI=1S/C18H27NO2/c1-2-3-4-10-19-17(13-18(20)21)12-14-8-9-15-6-5-7-16(15)11-14/h8-9,11,17,19H,2-7,10,12-13H2,1H3,(H,20,21). The number of hydrogen-bond donors (Lipinski definition) is 2. The number of unbranched alkanes of at least 4 members (excludes halogenated alkanes) is 2. The first-order valence-corrected chi connectivity index (χ1v) is 8.25. The molecule has 0 radical (unpaired) electrons. The van der Waals surface area contributed by atoms with E-state index in [1.54, 1.807) is 0 Å². The van der Waals surface area contributed by atoms with Crippen LogP contribution in [0.4, 0.5) is 0 Å². The molecule has 3 heteroatoms. The largest absolute Gasteiger partial charge is 0.481 e. The monoisotopic (exact) mass is 289 g/mol. The second kappa shape index (κ2) is 8.18. The molecule has 1 aliphatic rings. The number of rotatable bonds is 9. The molecule has 0 fully saturated rings. The summed E-state index contributed by atoms with van der Waals surface area (Å²) in [6.45, 7) is 3.09. The van der Waals surface area contributed by atoms with Crippen molar-refractivity contribution in [1.82, 2.24) is 5.32 Å². The van der Waals surface area contributed by atoms with Crippen molar-refractivity contribution in [2.45, 2.75) is 64.3 Å². The average molecular weight is 289 g/mol. The predicted molar refractivity (Wildman–Crippen MR) is 85.7 cm³/mol. The van der Waals surface area contributed by atoms with E-state index in [9.17, 15) is 4.79 Å². The summed E-state index contributed by atoms with van der Waals surface area (Å²) >= 11 is 0. The Bertz CT molecular complexity index is 470. The van der Waals surface area contributed by atoms with E-state index in [0.29, 0.717) is 0 Å². The molecule has 3 nitrogen and oxygen atoms in total. The minimum absolute atomic E-state index is 0.0406. The third kappa shape index (κ3) is 5.16. The number of carboxylic acids is 1. The van der Waals surface area contributed by atoms with Gasteiger partial charge < -0.3 is 10.4 Å². The van der Waals surface area contributed by atoms with Crippen LogP contribution >= 0.6 is 0 Å². The van der Waals surface area contributed by atoms with Gasteiger partial charge in [0.15, 0.2) is 0 Å². The molecule has 1 atom stereocenters. The number of aryl methyl sites for hydroxylation is 2. The smallest absolute Gasteiger partial charge is 0.304 e. The summed E-state index contributed by atoms with van der Waals surface area (Å²) in [5.41, 5.74) is 4.21. The first-order valence-electron chi connectivity index (χ1n) is 8.25. The van der Waals surface area contributed by atoms with Crippen molar-refractivity contribution < 1.29 is 9.90 Å². The first-order chi connectivity index (χ1) is 10.2. The van der Waals surface area contributed by atoms with Crippen molar-refractivity contribution in [3.05, 3.63) is 34.9 Å². The maximum Gasteiger partial charge on any atom is 0.304 e. The average Bonchev–Trinajstić information content (AvgIpc) is 2.90. The first kappa shape index (κ1) is 16.0. The van der Waals surface area contributed by atoms with Gasteiger partial charge in [0.05, 0.1) is 6.42 Å². The van der Waals surface area contributed by atoms with Crippen LogP contribution in [0.2, 0.25) is 0 Å². The predicted octanol–water partition coefficient (Wildman–Crippen LogP) is 3.34.